The van der Waals surface area contributed by atoms with Crippen molar-refractivity contribution in [2.24, 2.45) is 0 Å². The van der Waals surface area contributed by atoms with E-state index in [4.69, 9.17) is 0 Å². The van der Waals surface area contributed by atoms with Crippen LogP contribution in [0, 0.1) is 0 Å². The molecule has 0 radical (unpaired) electrons. The Labute approximate surface area is 162 Å². The number of imide groups is 1. The maximum absolute atomic E-state index is 12.9. The predicted molar refractivity (Wildman–Crippen MR) is 102 cm³/mol. The van der Waals surface area contributed by atoms with Crippen molar-refractivity contribution in [2.75, 3.05) is 0 Å². The molecule has 4 rings (SSSR count). The molecule has 1 unspecified atom stereocenters. The summed E-state index contributed by atoms with van der Waals surface area (Å²) in [7, 11) is 0. The maximum atomic E-state index is 12.9. The van der Waals surface area contributed by atoms with Gasteiger partial charge >= 0.3 is 6.03 Å². The van der Waals surface area contributed by atoms with Gasteiger partial charge in [0.05, 0.1) is 16.0 Å². The van der Waals surface area contributed by atoms with Crippen LogP contribution in [0.5, 0.6) is 0 Å². The van der Waals surface area contributed by atoms with Gasteiger partial charge in [0.25, 0.3) is 5.91 Å². The molecule has 0 aliphatic carbocycles. The molecule has 132 valence electrons. The first-order chi connectivity index (χ1) is 12.5. The molecule has 8 heteroatoms. The highest BCUT2D eigenvalue weighted by Gasteiger charge is 2.49. The van der Waals surface area contributed by atoms with Gasteiger partial charge in [-0.15, -0.1) is 11.3 Å². The lowest BCUT2D eigenvalue weighted by molar-refractivity contribution is -0.131. The van der Waals surface area contributed by atoms with Crippen LogP contribution in [0.25, 0.3) is 5.69 Å². The lowest BCUT2D eigenvalue weighted by Crippen LogP contribution is -2.40. The van der Waals surface area contributed by atoms with Crippen molar-refractivity contribution in [3.63, 3.8) is 0 Å². The van der Waals surface area contributed by atoms with Crippen molar-refractivity contribution in [3.05, 3.63) is 69.1 Å². The average Bonchev–Trinajstić information content (AvgIpc) is 3.34. The molecular weight excluding hydrogens is 416 g/mol. The average molecular weight is 431 g/mol. The van der Waals surface area contributed by atoms with Crippen molar-refractivity contribution in [1.82, 2.24) is 20.0 Å². The third kappa shape index (κ3) is 2.85. The van der Waals surface area contributed by atoms with Gasteiger partial charge in [-0.05, 0) is 58.7 Å². The zero-order valence-corrected chi connectivity index (χ0v) is 16.3. The van der Waals surface area contributed by atoms with E-state index in [0.29, 0.717) is 0 Å². The van der Waals surface area contributed by atoms with Crippen LogP contribution >= 0.6 is 27.3 Å². The molecule has 1 aliphatic heterocycles. The first-order valence-electron chi connectivity index (χ1n) is 7.96. The minimum absolute atomic E-state index is 0.228. The SMILES string of the molecule is CC1(c2ccc(Br)s2)NC(=O)N(Cc2ccc(-n3cccn3)cc2)C1=O. The fourth-order valence-corrected chi connectivity index (χ4v) is 4.43. The molecule has 0 saturated carbocycles. The molecule has 1 aliphatic rings. The van der Waals surface area contributed by atoms with E-state index < -0.39 is 5.54 Å². The van der Waals surface area contributed by atoms with E-state index in [0.717, 1.165) is 19.9 Å². The summed E-state index contributed by atoms with van der Waals surface area (Å²) in [5, 5.41) is 7.01. The standard InChI is InChI=1S/C18H15BrN4O2S/c1-18(14-7-8-15(19)26-14)16(24)22(17(25)21-18)11-12-3-5-13(6-4-12)23-10-2-9-20-23/h2-10H,11H2,1H3,(H,21,25). The Morgan fingerprint density at radius 3 is 2.58 bits per heavy atom. The summed E-state index contributed by atoms with van der Waals surface area (Å²) in [6.45, 7) is 1.97. The number of hydrogen-bond acceptors (Lipinski definition) is 4. The lowest BCUT2D eigenvalue weighted by atomic mass is 10.0. The number of halogens is 1. The number of nitrogens with zero attached hydrogens (tertiary/aromatic N) is 3. The predicted octanol–water partition coefficient (Wildman–Crippen LogP) is 3.66. The zero-order valence-electron chi connectivity index (χ0n) is 13.8. The van der Waals surface area contributed by atoms with E-state index in [-0.39, 0.29) is 18.5 Å². The molecule has 1 N–H and O–H groups in total. The number of nitrogens with one attached hydrogen (secondary N) is 1. The second-order valence-corrected chi connectivity index (χ2v) is 8.63. The highest BCUT2D eigenvalue weighted by Crippen LogP contribution is 2.36. The van der Waals surface area contributed by atoms with Gasteiger partial charge in [0.15, 0.2) is 5.54 Å². The molecule has 1 aromatic carbocycles. The molecule has 0 spiro atoms. The van der Waals surface area contributed by atoms with E-state index in [1.807, 2.05) is 48.7 Å². The van der Waals surface area contributed by atoms with Crippen molar-refractivity contribution >= 4 is 39.2 Å². The Hall–Kier alpha value is -2.45. The topological polar surface area (TPSA) is 67.2 Å². The summed E-state index contributed by atoms with van der Waals surface area (Å²) in [4.78, 5) is 27.4. The number of carbonyl (C=O) groups excluding carboxylic acids is 2. The fraction of sp³-hybridized carbons (Fsp3) is 0.167. The second kappa shape index (κ2) is 6.37. The molecule has 26 heavy (non-hydrogen) atoms. The van der Waals surface area contributed by atoms with Crippen LogP contribution in [0.1, 0.15) is 17.4 Å². The zero-order chi connectivity index (χ0) is 18.3. The highest BCUT2D eigenvalue weighted by molar-refractivity contribution is 9.11. The van der Waals surface area contributed by atoms with Gasteiger partial charge in [-0.1, -0.05) is 12.1 Å². The number of thiophene rings is 1. The van der Waals surface area contributed by atoms with Crippen LogP contribution in [0.3, 0.4) is 0 Å². The molecule has 3 aromatic rings. The van der Waals surface area contributed by atoms with Gasteiger partial charge in [-0.2, -0.15) is 5.10 Å². The number of benzene rings is 1. The minimum atomic E-state index is -1.03. The highest BCUT2D eigenvalue weighted by atomic mass is 79.9. The smallest absolute Gasteiger partial charge is 0.319 e. The molecule has 3 heterocycles. The van der Waals surface area contributed by atoms with Crippen LogP contribution in [0.2, 0.25) is 0 Å². The number of aromatic nitrogens is 2. The van der Waals surface area contributed by atoms with Crippen LogP contribution in [0.4, 0.5) is 4.79 Å². The molecule has 2 aromatic heterocycles. The van der Waals surface area contributed by atoms with E-state index in [9.17, 15) is 9.59 Å². The number of carbonyl (C=O) groups is 2. The third-order valence-electron chi connectivity index (χ3n) is 4.39. The number of amides is 3. The molecule has 6 nitrogen and oxygen atoms in total. The fourth-order valence-electron chi connectivity index (χ4n) is 2.95. The monoisotopic (exact) mass is 430 g/mol. The summed E-state index contributed by atoms with van der Waals surface area (Å²) in [6.07, 6.45) is 3.57. The summed E-state index contributed by atoms with van der Waals surface area (Å²) in [5.41, 5.74) is 0.771. The van der Waals surface area contributed by atoms with E-state index in [1.54, 1.807) is 17.8 Å². The molecule has 1 fully saturated rings. The summed E-state index contributed by atoms with van der Waals surface area (Å²) in [6, 6.07) is 12.8. The molecule has 3 amide bonds. The van der Waals surface area contributed by atoms with Gasteiger partial charge in [0.2, 0.25) is 0 Å². The molecule has 0 bridgehead atoms. The first kappa shape index (κ1) is 17.0. The van der Waals surface area contributed by atoms with Crippen molar-refractivity contribution in [1.29, 1.82) is 0 Å². The maximum Gasteiger partial charge on any atom is 0.325 e. The third-order valence-corrected chi connectivity index (χ3v) is 6.23. The van der Waals surface area contributed by atoms with Gasteiger partial charge in [0, 0.05) is 17.3 Å². The van der Waals surface area contributed by atoms with Crippen molar-refractivity contribution in [2.45, 2.75) is 19.0 Å². The molecule has 1 atom stereocenters. The normalized spacial score (nSPS) is 19.8. The number of rotatable bonds is 4. The van der Waals surface area contributed by atoms with Crippen LogP contribution in [0.15, 0.2) is 58.6 Å². The Morgan fingerprint density at radius 1 is 1.19 bits per heavy atom. The van der Waals surface area contributed by atoms with Gasteiger partial charge in [0.1, 0.15) is 0 Å². The molecule has 1 saturated heterocycles. The quantitative estimate of drug-likeness (QED) is 0.642. The van der Waals surface area contributed by atoms with Crippen LogP contribution in [-0.2, 0) is 16.9 Å². The van der Waals surface area contributed by atoms with Gasteiger partial charge < -0.3 is 5.32 Å². The Bertz CT molecular complexity index is 968. The summed E-state index contributed by atoms with van der Waals surface area (Å²) >= 11 is 4.85. The Balaban J connectivity index is 1.55. The summed E-state index contributed by atoms with van der Waals surface area (Å²) in [5.74, 6) is -0.243. The van der Waals surface area contributed by atoms with Crippen LogP contribution in [-0.4, -0.2) is 26.6 Å². The van der Waals surface area contributed by atoms with E-state index in [1.165, 1.54) is 16.2 Å². The lowest BCUT2D eigenvalue weighted by Gasteiger charge is -2.20. The van der Waals surface area contributed by atoms with Gasteiger partial charge in [-0.25, -0.2) is 9.48 Å². The van der Waals surface area contributed by atoms with E-state index >= 15 is 0 Å². The second-order valence-electron chi connectivity index (χ2n) is 6.17. The Morgan fingerprint density at radius 2 is 1.96 bits per heavy atom. The van der Waals surface area contributed by atoms with Crippen molar-refractivity contribution in [3.8, 4) is 5.69 Å². The Kier molecular flexibility index (Phi) is 4.16. The molecular formula is C18H15BrN4O2S. The minimum Gasteiger partial charge on any atom is -0.319 e. The number of hydrogen-bond donors (Lipinski definition) is 1. The summed E-state index contributed by atoms with van der Waals surface area (Å²) < 4.78 is 2.67. The first-order valence-corrected chi connectivity index (χ1v) is 9.57. The van der Waals surface area contributed by atoms with Crippen molar-refractivity contribution < 1.29 is 9.59 Å². The largest absolute Gasteiger partial charge is 0.325 e. The number of urea groups is 1. The van der Waals surface area contributed by atoms with Crippen LogP contribution < -0.4 is 5.32 Å². The van der Waals surface area contributed by atoms with Gasteiger partial charge in [-0.3, -0.25) is 9.69 Å². The van der Waals surface area contributed by atoms with E-state index in [2.05, 4.69) is 26.3 Å².